The summed E-state index contributed by atoms with van der Waals surface area (Å²) in [6, 6.07) is 7.93. The number of carbonyl (C=O) groups is 2. The fourth-order valence-corrected chi connectivity index (χ4v) is 3.24. The molecule has 1 N–H and O–H groups in total. The van der Waals surface area contributed by atoms with Crippen molar-refractivity contribution in [2.75, 3.05) is 6.54 Å². The van der Waals surface area contributed by atoms with Gasteiger partial charge < -0.3 is 10.2 Å². The van der Waals surface area contributed by atoms with Gasteiger partial charge in [-0.25, -0.2) is 4.39 Å². The molecule has 1 atom stereocenters. The summed E-state index contributed by atoms with van der Waals surface area (Å²) in [4.78, 5) is 30.0. The van der Waals surface area contributed by atoms with E-state index in [1.165, 1.54) is 12.1 Å². The topological polar surface area (TPSA) is 62.3 Å². The molecule has 0 spiro atoms. The van der Waals surface area contributed by atoms with Crippen molar-refractivity contribution in [3.05, 3.63) is 64.7 Å². The summed E-state index contributed by atoms with van der Waals surface area (Å²) < 4.78 is 14.0. The molecule has 3 rings (SSSR count). The van der Waals surface area contributed by atoms with E-state index in [-0.39, 0.29) is 34.9 Å². The molecule has 1 aromatic carbocycles. The second-order valence-electron chi connectivity index (χ2n) is 6.32. The average molecular weight is 376 g/mol. The Labute approximate surface area is 156 Å². The van der Waals surface area contributed by atoms with Crippen LogP contribution < -0.4 is 5.32 Å². The largest absolute Gasteiger partial charge is 0.352 e. The van der Waals surface area contributed by atoms with E-state index in [1.54, 1.807) is 29.4 Å². The molecular weight excluding hydrogens is 357 g/mol. The van der Waals surface area contributed by atoms with Crippen molar-refractivity contribution in [2.24, 2.45) is 0 Å². The lowest BCUT2D eigenvalue weighted by atomic mass is 10.1. The Morgan fingerprint density at radius 3 is 2.85 bits per heavy atom. The zero-order valence-electron chi connectivity index (χ0n) is 14.1. The van der Waals surface area contributed by atoms with E-state index >= 15 is 0 Å². The van der Waals surface area contributed by atoms with E-state index in [1.807, 2.05) is 6.07 Å². The number of benzene rings is 1. The molecule has 26 heavy (non-hydrogen) atoms. The number of nitrogens with zero attached hydrogens (tertiary/aromatic N) is 2. The Bertz CT molecular complexity index is 780. The smallest absolute Gasteiger partial charge is 0.227 e. The quantitative estimate of drug-likeness (QED) is 0.844. The molecule has 1 aliphatic heterocycles. The van der Waals surface area contributed by atoms with E-state index in [9.17, 15) is 14.0 Å². The lowest BCUT2D eigenvalue weighted by Gasteiger charge is -2.26. The van der Waals surface area contributed by atoms with Crippen LogP contribution in [0, 0.1) is 5.82 Å². The van der Waals surface area contributed by atoms with Crippen molar-refractivity contribution in [2.45, 2.75) is 31.8 Å². The number of rotatable bonds is 6. The highest BCUT2D eigenvalue weighted by atomic mass is 35.5. The molecule has 0 unspecified atom stereocenters. The first kappa shape index (κ1) is 18.3. The number of hydrogen-bond donors (Lipinski definition) is 1. The molecule has 0 bridgehead atoms. The molecule has 1 aliphatic rings. The number of hydrogen-bond acceptors (Lipinski definition) is 3. The lowest BCUT2D eigenvalue weighted by Crippen LogP contribution is -2.42. The molecule has 1 aromatic heterocycles. The van der Waals surface area contributed by atoms with Gasteiger partial charge in [0.25, 0.3) is 0 Å². The van der Waals surface area contributed by atoms with Crippen LogP contribution in [0.3, 0.4) is 0 Å². The lowest BCUT2D eigenvalue weighted by molar-refractivity contribution is -0.131. The van der Waals surface area contributed by atoms with Gasteiger partial charge in [-0.2, -0.15) is 0 Å². The van der Waals surface area contributed by atoms with Gasteiger partial charge in [0.1, 0.15) is 5.82 Å². The maximum absolute atomic E-state index is 14.0. The third-order valence-electron chi connectivity index (χ3n) is 4.36. The van der Waals surface area contributed by atoms with Gasteiger partial charge in [0.2, 0.25) is 11.8 Å². The fraction of sp³-hybridized carbons (Fsp3) is 0.316. The molecule has 1 fully saturated rings. The van der Waals surface area contributed by atoms with E-state index in [0.717, 1.165) is 5.56 Å². The molecule has 7 heteroatoms. The van der Waals surface area contributed by atoms with Crippen molar-refractivity contribution in [3.8, 4) is 0 Å². The molecule has 0 aliphatic carbocycles. The van der Waals surface area contributed by atoms with Crippen LogP contribution in [0.1, 0.15) is 24.0 Å². The minimum Gasteiger partial charge on any atom is -0.352 e. The first-order chi connectivity index (χ1) is 12.5. The summed E-state index contributed by atoms with van der Waals surface area (Å²) in [5.41, 5.74) is 1.05. The van der Waals surface area contributed by atoms with Crippen molar-refractivity contribution in [1.82, 2.24) is 15.2 Å². The zero-order valence-corrected chi connectivity index (χ0v) is 14.9. The number of carbonyl (C=O) groups excluding carboxylic acids is 2. The minimum atomic E-state index is -0.499. The van der Waals surface area contributed by atoms with Crippen molar-refractivity contribution < 1.29 is 14.0 Å². The van der Waals surface area contributed by atoms with Gasteiger partial charge >= 0.3 is 0 Å². The molecule has 2 aromatic rings. The average Bonchev–Trinajstić information content (AvgIpc) is 3.03. The van der Waals surface area contributed by atoms with E-state index in [0.29, 0.717) is 25.9 Å². The van der Waals surface area contributed by atoms with Gasteiger partial charge in [0.15, 0.2) is 0 Å². The molecule has 2 heterocycles. The SMILES string of the molecule is O=C1CC[C@@H](CN(Cc2cccnc2)C(=O)Cc2c(F)cccc2Cl)N1. The van der Waals surface area contributed by atoms with Crippen LogP contribution in [-0.4, -0.2) is 34.3 Å². The van der Waals surface area contributed by atoms with Gasteiger partial charge in [0.05, 0.1) is 6.42 Å². The van der Waals surface area contributed by atoms with E-state index < -0.39 is 5.82 Å². The van der Waals surface area contributed by atoms with Crippen LogP contribution in [0.2, 0.25) is 5.02 Å². The molecule has 2 amide bonds. The summed E-state index contributed by atoms with van der Waals surface area (Å²) >= 11 is 6.05. The summed E-state index contributed by atoms with van der Waals surface area (Å²) in [6.45, 7) is 0.705. The number of pyridine rings is 1. The van der Waals surface area contributed by atoms with Crippen molar-refractivity contribution >= 4 is 23.4 Å². The highest BCUT2D eigenvalue weighted by Gasteiger charge is 2.26. The van der Waals surface area contributed by atoms with Gasteiger partial charge in [0, 0.05) is 48.5 Å². The monoisotopic (exact) mass is 375 g/mol. The Hall–Kier alpha value is -2.47. The van der Waals surface area contributed by atoms with E-state index in [2.05, 4.69) is 10.3 Å². The maximum atomic E-state index is 14.0. The third-order valence-corrected chi connectivity index (χ3v) is 4.72. The Morgan fingerprint density at radius 2 is 2.19 bits per heavy atom. The zero-order chi connectivity index (χ0) is 18.5. The van der Waals surface area contributed by atoms with Gasteiger partial charge in [-0.3, -0.25) is 14.6 Å². The summed E-state index contributed by atoms with van der Waals surface area (Å²) in [5.74, 6) is -0.760. The number of aromatic nitrogens is 1. The first-order valence-electron chi connectivity index (χ1n) is 8.42. The standard InChI is InChI=1S/C19H19ClFN3O2/c20-16-4-1-5-17(21)15(16)9-19(26)24(11-13-3-2-8-22-10-13)12-14-6-7-18(25)23-14/h1-5,8,10,14H,6-7,9,11-12H2,(H,23,25)/t14-/m0/s1. The van der Waals surface area contributed by atoms with Crippen LogP contribution in [0.15, 0.2) is 42.7 Å². The van der Waals surface area contributed by atoms with Gasteiger partial charge in [-0.15, -0.1) is 0 Å². The molecule has 0 saturated carbocycles. The van der Waals surface area contributed by atoms with Gasteiger partial charge in [-0.05, 0) is 30.2 Å². The fourth-order valence-electron chi connectivity index (χ4n) is 3.01. The number of nitrogens with one attached hydrogen (secondary N) is 1. The Morgan fingerprint density at radius 1 is 1.35 bits per heavy atom. The second kappa shape index (κ2) is 8.27. The van der Waals surface area contributed by atoms with Gasteiger partial charge in [-0.1, -0.05) is 23.7 Å². The Kier molecular flexibility index (Phi) is 5.83. The molecule has 0 radical (unpaired) electrons. The van der Waals surface area contributed by atoms with E-state index in [4.69, 9.17) is 11.6 Å². The third kappa shape index (κ3) is 4.58. The van der Waals surface area contributed by atoms with Crippen molar-refractivity contribution in [3.63, 3.8) is 0 Å². The molecular formula is C19H19ClFN3O2. The molecule has 1 saturated heterocycles. The molecule has 136 valence electrons. The van der Waals surface area contributed by atoms with Crippen LogP contribution >= 0.6 is 11.6 Å². The first-order valence-corrected chi connectivity index (χ1v) is 8.79. The maximum Gasteiger partial charge on any atom is 0.227 e. The number of amides is 2. The summed E-state index contributed by atoms with van der Waals surface area (Å²) in [6.07, 6.45) is 4.34. The predicted molar refractivity (Wildman–Crippen MR) is 95.9 cm³/mol. The normalized spacial score (nSPS) is 16.4. The second-order valence-corrected chi connectivity index (χ2v) is 6.72. The van der Waals surface area contributed by atoms with Crippen LogP contribution in [0.25, 0.3) is 0 Å². The predicted octanol–water partition coefficient (Wildman–Crippen LogP) is 2.72. The van der Waals surface area contributed by atoms with Crippen LogP contribution in [-0.2, 0) is 22.6 Å². The minimum absolute atomic E-state index is 0.0130. The molecule has 5 nitrogen and oxygen atoms in total. The van der Waals surface area contributed by atoms with Crippen molar-refractivity contribution in [1.29, 1.82) is 0 Å². The van der Waals surface area contributed by atoms with Crippen LogP contribution in [0.5, 0.6) is 0 Å². The number of halogens is 2. The summed E-state index contributed by atoms with van der Waals surface area (Å²) in [7, 11) is 0. The summed E-state index contributed by atoms with van der Waals surface area (Å²) in [5, 5.41) is 3.09. The highest BCUT2D eigenvalue weighted by Crippen LogP contribution is 2.21. The highest BCUT2D eigenvalue weighted by molar-refractivity contribution is 6.31. The van der Waals surface area contributed by atoms with Crippen LogP contribution in [0.4, 0.5) is 4.39 Å². The Balaban J connectivity index is 1.77.